The van der Waals surface area contributed by atoms with Gasteiger partial charge in [0.15, 0.2) is 18.4 Å². The molecule has 19 heteroatoms. The van der Waals surface area contributed by atoms with E-state index in [0.29, 0.717) is 75.8 Å². The number of primary amides is 2. The number of fused-ring (bicyclic) bond motifs is 2. The van der Waals surface area contributed by atoms with E-state index < -0.39 is 24.4 Å². The average molecular weight is 757 g/mol. The fraction of sp³-hybridized carbons (Fsp3) is 0.306. The van der Waals surface area contributed by atoms with Crippen LogP contribution in [0.3, 0.4) is 0 Å². The number of nitrogens with zero attached hydrogens (tertiary/aromatic N) is 6. The van der Waals surface area contributed by atoms with E-state index in [0.717, 1.165) is 0 Å². The number of benzene rings is 2. The second-order valence-corrected chi connectivity index (χ2v) is 12.2. The molecule has 55 heavy (non-hydrogen) atoms. The lowest BCUT2D eigenvalue weighted by atomic mass is 10.1. The van der Waals surface area contributed by atoms with Gasteiger partial charge < -0.3 is 49.1 Å². The van der Waals surface area contributed by atoms with Gasteiger partial charge in [-0.3, -0.25) is 20.2 Å². The van der Waals surface area contributed by atoms with E-state index in [-0.39, 0.29) is 54.9 Å². The topological polar surface area (TPSA) is 274 Å². The molecule has 4 aromatic heterocycles. The molecule has 2 aromatic carbocycles. The number of aliphatic hydroxyl groups is 1. The number of aryl methyl sites for hydroxylation is 4. The molecular weight excluding hydrogens is 716 g/mol. The van der Waals surface area contributed by atoms with Crippen LogP contribution in [0.5, 0.6) is 11.5 Å². The number of hydrogen-bond acceptors (Lipinski definition) is 14. The van der Waals surface area contributed by atoms with Crippen molar-refractivity contribution in [2.75, 3.05) is 30.5 Å². The summed E-state index contributed by atoms with van der Waals surface area (Å²) in [5.41, 5.74) is 14.4. The molecule has 0 aliphatic carbocycles. The van der Waals surface area contributed by atoms with E-state index in [1.165, 1.54) is 18.2 Å². The van der Waals surface area contributed by atoms with Crippen molar-refractivity contribution in [3.63, 3.8) is 0 Å². The Morgan fingerprint density at radius 1 is 0.764 bits per heavy atom. The molecule has 2 amide bonds. The molecule has 6 aromatic rings. The van der Waals surface area contributed by atoms with Crippen molar-refractivity contribution in [2.24, 2.45) is 11.5 Å². The summed E-state index contributed by atoms with van der Waals surface area (Å²) in [6.07, 6.45) is 4.82. The summed E-state index contributed by atoms with van der Waals surface area (Å²) in [7, 11) is 0. The monoisotopic (exact) mass is 756 g/mol. The van der Waals surface area contributed by atoms with Crippen LogP contribution < -0.4 is 31.6 Å². The smallest absolute Gasteiger partial charge is 0.341 e. The number of allylic oxidation sites excluding steroid dienone is 2. The molecule has 0 aliphatic rings. The zero-order valence-corrected chi connectivity index (χ0v) is 30.5. The van der Waals surface area contributed by atoms with E-state index in [2.05, 4.69) is 20.6 Å². The maximum Gasteiger partial charge on any atom is 0.341 e. The number of oxazole rings is 2. The number of aliphatic carboxylic acids is 1. The second kappa shape index (κ2) is 16.0. The number of aliphatic hydroxyl groups excluding tert-OH is 1. The Kier molecular flexibility index (Phi) is 11.0. The van der Waals surface area contributed by atoms with Crippen LogP contribution in [0.4, 0.5) is 23.7 Å². The minimum absolute atomic E-state index is 0.0555. The lowest BCUT2D eigenvalue weighted by Gasteiger charge is -2.13. The zero-order chi connectivity index (χ0) is 39.4. The Bertz CT molecular complexity index is 2440. The first-order valence-corrected chi connectivity index (χ1v) is 17.3. The van der Waals surface area contributed by atoms with Gasteiger partial charge >= 0.3 is 5.97 Å². The molecule has 4 heterocycles. The third kappa shape index (κ3) is 8.05. The van der Waals surface area contributed by atoms with Gasteiger partial charge in [0.25, 0.3) is 0 Å². The van der Waals surface area contributed by atoms with Crippen LogP contribution in [0, 0.1) is 13.8 Å². The number of amides is 2. The van der Waals surface area contributed by atoms with Gasteiger partial charge in [0.05, 0.1) is 17.6 Å². The molecule has 0 atom stereocenters. The second-order valence-electron chi connectivity index (χ2n) is 12.2. The molecule has 0 fully saturated rings. The van der Waals surface area contributed by atoms with Crippen LogP contribution in [0.15, 0.2) is 45.3 Å². The molecule has 0 saturated heterocycles. The summed E-state index contributed by atoms with van der Waals surface area (Å²) in [6.45, 7) is 6.66. The fourth-order valence-corrected chi connectivity index (χ4v) is 5.98. The molecule has 288 valence electrons. The molecule has 6 rings (SSSR count). The van der Waals surface area contributed by atoms with Gasteiger partial charge in [-0.05, 0) is 37.1 Å². The highest BCUT2D eigenvalue weighted by Crippen LogP contribution is 2.35. The molecule has 0 radical (unpaired) electrons. The van der Waals surface area contributed by atoms with Gasteiger partial charge in [0.1, 0.15) is 40.5 Å². The van der Waals surface area contributed by atoms with Crippen molar-refractivity contribution in [2.45, 2.75) is 53.6 Å². The Balaban J connectivity index is 1.44. The number of carbonyl (C=O) groups is 3. The number of carbonyl (C=O) groups excluding carboxylic acids is 2. The quantitative estimate of drug-likeness (QED) is 0.0679. The Hall–Kier alpha value is -6.89. The summed E-state index contributed by atoms with van der Waals surface area (Å²) in [5.74, 6) is -0.0236. The van der Waals surface area contributed by atoms with E-state index in [4.69, 9.17) is 39.7 Å². The van der Waals surface area contributed by atoms with Crippen molar-refractivity contribution in [3.05, 3.63) is 70.7 Å². The number of imidazole rings is 2. The number of nitrogens with one attached hydrogen (secondary N) is 2. The standard InChI is InChI=1S/C36H40N10O9/c1-5-22-33(54-18(3)39-22)43-35-41-24-13-20(31(37)50)15-26(52-12-11-47)29(24)45(35)9-7-8-10-46-30-25(14-21(32(38)51)16-27(30)53-17-28(48)49)42-36(46)44-34-23(6-2)40-19(4)55-34/h7-8,13-16,47H,5-6,9-12,17H2,1-4H3,(H2,37,50)(H2,38,51)(H,41,43)(H,42,44)(H,48,49)/b8-7+. The normalized spacial score (nSPS) is 11.5. The van der Waals surface area contributed by atoms with Crippen LogP contribution in [-0.2, 0) is 30.7 Å². The molecule has 0 bridgehead atoms. The Morgan fingerprint density at radius 3 is 1.62 bits per heavy atom. The van der Waals surface area contributed by atoms with E-state index in [9.17, 15) is 24.6 Å². The van der Waals surface area contributed by atoms with Crippen molar-refractivity contribution in [3.8, 4) is 11.5 Å². The first-order chi connectivity index (χ1) is 26.4. The molecule has 8 N–H and O–H groups in total. The van der Waals surface area contributed by atoms with Gasteiger partial charge in [-0.1, -0.05) is 26.0 Å². The number of ether oxygens (including phenoxy) is 2. The molecule has 0 saturated carbocycles. The third-order valence-electron chi connectivity index (χ3n) is 8.35. The zero-order valence-electron chi connectivity index (χ0n) is 30.5. The lowest BCUT2D eigenvalue weighted by molar-refractivity contribution is -0.139. The number of carboxylic acid groups (broad SMARTS) is 1. The summed E-state index contributed by atoms with van der Waals surface area (Å²) in [5, 5.41) is 25.4. The van der Waals surface area contributed by atoms with Gasteiger partial charge in [-0.25, -0.2) is 24.7 Å². The predicted molar refractivity (Wildman–Crippen MR) is 199 cm³/mol. The Morgan fingerprint density at radius 2 is 1.22 bits per heavy atom. The maximum absolute atomic E-state index is 12.2. The van der Waals surface area contributed by atoms with Crippen molar-refractivity contribution < 1.29 is 42.9 Å². The molecule has 19 nitrogen and oxygen atoms in total. The minimum Gasteiger partial charge on any atom is -0.489 e. The van der Waals surface area contributed by atoms with E-state index in [1.54, 1.807) is 29.0 Å². The SMILES string of the molecule is CCc1nc(C)oc1Nc1nc2cc(C(N)=O)cc(OCCO)c2n1C/C=C/Cn1c(Nc2oc(C)nc2CC)nc2cc(C(N)=O)cc(OCC(=O)O)c21. The molecular formula is C36H40N10O9. The number of anilines is 4. The van der Waals surface area contributed by atoms with Crippen molar-refractivity contribution >= 4 is 63.5 Å². The van der Waals surface area contributed by atoms with Gasteiger partial charge in [0, 0.05) is 38.1 Å². The molecule has 0 unspecified atom stereocenters. The minimum atomic E-state index is -1.22. The number of nitrogens with two attached hydrogens (primary N) is 2. The van der Waals surface area contributed by atoms with E-state index >= 15 is 0 Å². The third-order valence-corrected chi connectivity index (χ3v) is 8.35. The largest absolute Gasteiger partial charge is 0.489 e. The molecule has 0 aliphatic heterocycles. The van der Waals surface area contributed by atoms with Gasteiger partial charge in [-0.15, -0.1) is 0 Å². The highest BCUT2D eigenvalue weighted by atomic mass is 16.5. The number of hydrogen-bond donors (Lipinski definition) is 6. The average Bonchev–Trinajstić information content (AvgIpc) is 3.89. The first-order valence-electron chi connectivity index (χ1n) is 17.3. The summed E-state index contributed by atoms with van der Waals surface area (Å²) >= 11 is 0. The van der Waals surface area contributed by atoms with Crippen molar-refractivity contribution in [1.82, 2.24) is 29.1 Å². The number of aromatic nitrogens is 6. The van der Waals surface area contributed by atoms with Crippen LogP contribution in [0.1, 0.15) is 57.7 Å². The molecule has 0 spiro atoms. The fourth-order valence-electron chi connectivity index (χ4n) is 5.98. The lowest BCUT2D eigenvalue weighted by Crippen LogP contribution is -2.14. The highest BCUT2D eigenvalue weighted by Gasteiger charge is 2.23. The van der Waals surface area contributed by atoms with Gasteiger partial charge in [0.2, 0.25) is 35.5 Å². The van der Waals surface area contributed by atoms with Gasteiger partial charge in [-0.2, -0.15) is 0 Å². The van der Waals surface area contributed by atoms with Crippen LogP contribution in [0.25, 0.3) is 22.1 Å². The maximum atomic E-state index is 12.2. The number of rotatable bonds is 18. The number of carboxylic acids is 1. The van der Waals surface area contributed by atoms with E-state index in [1.807, 2.05) is 26.0 Å². The van der Waals surface area contributed by atoms with Crippen molar-refractivity contribution in [1.29, 1.82) is 0 Å². The van der Waals surface area contributed by atoms with Crippen LogP contribution >= 0.6 is 0 Å². The van der Waals surface area contributed by atoms with Crippen LogP contribution in [-0.4, -0.2) is 76.9 Å². The summed E-state index contributed by atoms with van der Waals surface area (Å²) < 4.78 is 26.7. The summed E-state index contributed by atoms with van der Waals surface area (Å²) in [4.78, 5) is 54.3. The predicted octanol–water partition coefficient (Wildman–Crippen LogP) is 3.88. The Labute approximate surface area is 313 Å². The first kappa shape index (κ1) is 37.9. The highest BCUT2D eigenvalue weighted by molar-refractivity contribution is 6.00. The van der Waals surface area contributed by atoms with Crippen LogP contribution in [0.2, 0.25) is 0 Å². The summed E-state index contributed by atoms with van der Waals surface area (Å²) in [6, 6.07) is 5.90.